The van der Waals surface area contributed by atoms with E-state index in [2.05, 4.69) is 44.4 Å². The first kappa shape index (κ1) is 13.4. The Morgan fingerprint density at radius 1 is 1.06 bits per heavy atom. The van der Waals surface area contributed by atoms with Crippen molar-refractivity contribution in [1.29, 1.82) is 0 Å². The SMILES string of the molecule is CC(C)N1CCCN(C2CC2)C[C@H]1C(C)(C)C. The summed E-state index contributed by atoms with van der Waals surface area (Å²) < 4.78 is 0. The Morgan fingerprint density at radius 3 is 2.18 bits per heavy atom. The fourth-order valence-electron chi connectivity index (χ4n) is 3.19. The molecule has 1 saturated carbocycles. The van der Waals surface area contributed by atoms with Gasteiger partial charge in [-0.15, -0.1) is 0 Å². The smallest absolute Gasteiger partial charge is 0.0274 e. The first-order chi connectivity index (χ1) is 7.89. The summed E-state index contributed by atoms with van der Waals surface area (Å²) in [5, 5.41) is 0. The minimum Gasteiger partial charge on any atom is -0.299 e. The molecule has 0 unspecified atom stereocenters. The average molecular weight is 238 g/mol. The van der Waals surface area contributed by atoms with E-state index in [-0.39, 0.29) is 0 Å². The monoisotopic (exact) mass is 238 g/mol. The molecule has 2 rings (SSSR count). The molecule has 2 aliphatic rings. The molecular formula is C15H30N2. The zero-order chi connectivity index (χ0) is 12.6. The minimum absolute atomic E-state index is 0.391. The van der Waals surface area contributed by atoms with Crippen molar-refractivity contribution < 1.29 is 0 Å². The summed E-state index contributed by atoms with van der Waals surface area (Å²) in [6.45, 7) is 15.8. The first-order valence-electron chi connectivity index (χ1n) is 7.39. The molecular weight excluding hydrogens is 208 g/mol. The molecule has 0 radical (unpaired) electrons. The van der Waals surface area contributed by atoms with Gasteiger partial charge in [-0.1, -0.05) is 20.8 Å². The van der Waals surface area contributed by atoms with Gasteiger partial charge >= 0.3 is 0 Å². The third-order valence-electron chi connectivity index (χ3n) is 4.40. The van der Waals surface area contributed by atoms with Crippen LogP contribution in [0.15, 0.2) is 0 Å². The van der Waals surface area contributed by atoms with E-state index in [1.54, 1.807) is 0 Å². The fraction of sp³-hybridized carbons (Fsp3) is 1.00. The third-order valence-corrected chi connectivity index (χ3v) is 4.40. The number of hydrogen-bond donors (Lipinski definition) is 0. The van der Waals surface area contributed by atoms with E-state index in [9.17, 15) is 0 Å². The molecule has 100 valence electrons. The highest BCUT2D eigenvalue weighted by Gasteiger charge is 2.38. The molecule has 0 amide bonds. The highest BCUT2D eigenvalue weighted by Crippen LogP contribution is 2.33. The summed E-state index contributed by atoms with van der Waals surface area (Å²) in [5.74, 6) is 0. The van der Waals surface area contributed by atoms with Crippen LogP contribution in [0.5, 0.6) is 0 Å². The summed E-state index contributed by atoms with van der Waals surface area (Å²) >= 11 is 0. The zero-order valence-electron chi connectivity index (χ0n) is 12.4. The molecule has 0 N–H and O–H groups in total. The van der Waals surface area contributed by atoms with Crippen LogP contribution in [0.2, 0.25) is 0 Å². The van der Waals surface area contributed by atoms with Crippen molar-refractivity contribution in [3.63, 3.8) is 0 Å². The van der Waals surface area contributed by atoms with Crippen molar-refractivity contribution in [1.82, 2.24) is 9.80 Å². The lowest BCUT2D eigenvalue weighted by Crippen LogP contribution is -2.51. The molecule has 0 aromatic carbocycles. The van der Waals surface area contributed by atoms with Crippen LogP contribution in [0.4, 0.5) is 0 Å². The Morgan fingerprint density at radius 2 is 1.71 bits per heavy atom. The van der Waals surface area contributed by atoms with Crippen LogP contribution in [0.25, 0.3) is 0 Å². The molecule has 0 spiro atoms. The predicted octanol–water partition coefficient (Wildman–Crippen LogP) is 2.98. The summed E-state index contributed by atoms with van der Waals surface area (Å²) in [5.41, 5.74) is 0.391. The molecule has 0 aromatic rings. The molecule has 1 aliphatic heterocycles. The topological polar surface area (TPSA) is 6.48 Å². The first-order valence-corrected chi connectivity index (χ1v) is 7.39. The predicted molar refractivity (Wildman–Crippen MR) is 74.3 cm³/mol. The fourth-order valence-corrected chi connectivity index (χ4v) is 3.19. The van der Waals surface area contributed by atoms with Crippen LogP contribution in [0.1, 0.15) is 53.9 Å². The second-order valence-electron chi connectivity index (χ2n) is 7.29. The lowest BCUT2D eigenvalue weighted by Gasteiger charge is -2.42. The van der Waals surface area contributed by atoms with E-state index in [4.69, 9.17) is 0 Å². The Balaban J connectivity index is 2.11. The summed E-state index contributed by atoms with van der Waals surface area (Å²) in [7, 11) is 0. The largest absolute Gasteiger partial charge is 0.299 e. The Hall–Kier alpha value is -0.0800. The van der Waals surface area contributed by atoms with Crippen molar-refractivity contribution in [2.45, 2.75) is 72.0 Å². The third kappa shape index (κ3) is 3.23. The quantitative estimate of drug-likeness (QED) is 0.730. The summed E-state index contributed by atoms with van der Waals surface area (Å²) in [6.07, 6.45) is 4.23. The van der Waals surface area contributed by atoms with Crippen LogP contribution in [0, 0.1) is 5.41 Å². The van der Waals surface area contributed by atoms with Crippen LogP contribution in [-0.4, -0.2) is 47.6 Å². The van der Waals surface area contributed by atoms with Crippen LogP contribution in [0.3, 0.4) is 0 Å². The standard InChI is InChI=1S/C15H30N2/c1-12(2)17-10-6-9-16(13-7-8-13)11-14(17)15(3,4)5/h12-14H,6-11H2,1-5H3/t14-/m0/s1. The Bertz CT molecular complexity index is 250. The lowest BCUT2D eigenvalue weighted by atomic mass is 9.84. The highest BCUT2D eigenvalue weighted by atomic mass is 15.3. The number of rotatable bonds is 2. The maximum absolute atomic E-state index is 2.76. The minimum atomic E-state index is 0.391. The molecule has 2 fully saturated rings. The van der Waals surface area contributed by atoms with Gasteiger partial charge in [0.15, 0.2) is 0 Å². The van der Waals surface area contributed by atoms with E-state index >= 15 is 0 Å². The van der Waals surface area contributed by atoms with Gasteiger partial charge in [0.2, 0.25) is 0 Å². The summed E-state index contributed by atoms with van der Waals surface area (Å²) in [4.78, 5) is 5.50. The second kappa shape index (κ2) is 4.89. The van der Waals surface area contributed by atoms with Crippen molar-refractivity contribution in [3.05, 3.63) is 0 Å². The van der Waals surface area contributed by atoms with Gasteiger partial charge in [-0.3, -0.25) is 9.80 Å². The van der Waals surface area contributed by atoms with Gasteiger partial charge in [-0.05, 0) is 51.6 Å². The van der Waals surface area contributed by atoms with Gasteiger partial charge in [0.05, 0.1) is 0 Å². The normalized spacial score (nSPS) is 29.6. The van der Waals surface area contributed by atoms with E-state index in [1.165, 1.54) is 38.9 Å². The maximum atomic E-state index is 2.76. The molecule has 0 bridgehead atoms. The van der Waals surface area contributed by atoms with Gasteiger partial charge in [0.25, 0.3) is 0 Å². The van der Waals surface area contributed by atoms with Gasteiger partial charge in [0, 0.05) is 24.7 Å². The van der Waals surface area contributed by atoms with E-state index in [0.717, 1.165) is 6.04 Å². The van der Waals surface area contributed by atoms with E-state index in [1.807, 2.05) is 0 Å². The molecule has 1 aliphatic carbocycles. The van der Waals surface area contributed by atoms with Crippen LogP contribution in [-0.2, 0) is 0 Å². The molecule has 1 saturated heterocycles. The molecule has 0 aromatic heterocycles. The van der Waals surface area contributed by atoms with Gasteiger partial charge in [-0.25, -0.2) is 0 Å². The molecule has 1 heterocycles. The zero-order valence-corrected chi connectivity index (χ0v) is 12.4. The van der Waals surface area contributed by atoms with Crippen LogP contribution < -0.4 is 0 Å². The number of nitrogens with zero attached hydrogens (tertiary/aromatic N) is 2. The van der Waals surface area contributed by atoms with Gasteiger partial charge in [0.1, 0.15) is 0 Å². The Kier molecular flexibility index (Phi) is 3.84. The van der Waals surface area contributed by atoms with Crippen molar-refractivity contribution >= 4 is 0 Å². The molecule has 2 heteroatoms. The number of hydrogen-bond acceptors (Lipinski definition) is 2. The lowest BCUT2D eigenvalue weighted by molar-refractivity contribution is 0.0616. The maximum Gasteiger partial charge on any atom is 0.0274 e. The molecule has 1 atom stereocenters. The van der Waals surface area contributed by atoms with E-state index in [0.29, 0.717) is 17.5 Å². The van der Waals surface area contributed by atoms with Gasteiger partial charge < -0.3 is 0 Å². The van der Waals surface area contributed by atoms with E-state index < -0.39 is 0 Å². The van der Waals surface area contributed by atoms with Crippen molar-refractivity contribution in [2.24, 2.45) is 5.41 Å². The molecule has 17 heavy (non-hydrogen) atoms. The highest BCUT2D eigenvalue weighted by molar-refractivity contribution is 4.94. The second-order valence-corrected chi connectivity index (χ2v) is 7.29. The molecule has 2 nitrogen and oxygen atoms in total. The Labute approximate surface area is 107 Å². The van der Waals surface area contributed by atoms with Crippen molar-refractivity contribution in [3.8, 4) is 0 Å². The van der Waals surface area contributed by atoms with Gasteiger partial charge in [-0.2, -0.15) is 0 Å². The summed E-state index contributed by atoms with van der Waals surface area (Å²) in [6, 6.07) is 2.32. The van der Waals surface area contributed by atoms with Crippen LogP contribution >= 0.6 is 0 Å². The average Bonchev–Trinajstić information content (AvgIpc) is 3.01. The van der Waals surface area contributed by atoms with Crippen molar-refractivity contribution in [2.75, 3.05) is 19.6 Å².